The summed E-state index contributed by atoms with van der Waals surface area (Å²) in [6, 6.07) is 14.2. The first-order valence-corrected chi connectivity index (χ1v) is 11.6. The third-order valence-electron chi connectivity index (χ3n) is 6.23. The lowest BCUT2D eigenvalue weighted by Crippen LogP contribution is -2.53. The second kappa shape index (κ2) is 9.41. The van der Waals surface area contributed by atoms with Crippen molar-refractivity contribution in [2.45, 2.75) is 57.7 Å². The van der Waals surface area contributed by atoms with Gasteiger partial charge in [0.1, 0.15) is 11.4 Å². The Labute approximate surface area is 194 Å². The molecule has 3 amide bonds. The monoisotopic (exact) mass is 453 g/mol. The Balaban J connectivity index is 1.36. The van der Waals surface area contributed by atoms with Crippen LogP contribution in [0.2, 0.25) is 0 Å². The Morgan fingerprint density at radius 3 is 2.48 bits per heavy atom. The molecule has 2 aliphatic rings. The van der Waals surface area contributed by atoms with E-state index in [0.717, 1.165) is 30.4 Å². The van der Waals surface area contributed by atoms with E-state index >= 15 is 0 Å². The van der Waals surface area contributed by atoms with E-state index in [1.807, 2.05) is 43.9 Å². The maximum absolute atomic E-state index is 13.5. The molecule has 1 aliphatic carbocycles. The highest BCUT2D eigenvalue weighted by Gasteiger charge is 2.36. The van der Waals surface area contributed by atoms with Gasteiger partial charge in [-0.05, 0) is 74.8 Å². The first kappa shape index (κ1) is 23.1. The van der Waals surface area contributed by atoms with Gasteiger partial charge < -0.3 is 20.3 Å². The number of benzene rings is 2. The summed E-state index contributed by atoms with van der Waals surface area (Å²) in [6.45, 7) is 6.64. The van der Waals surface area contributed by atoms with E-state index in [2.05, 4.69) is 16.7 Å². The zero-order valence-electron chi connectivity index (χ0n) is 19.4. The number of hydrogen-bond donors (Lipinski definition) is 2. The molecule has 0 spiro atoms. The van der Waals surface area contributed by atoms with Gasteiger partial charge in [-0.3, -0.25) is 0 Å². The molecule has 7 heteroatoms. The average Bonchev–Trinajstić information content (AvgIpc) is 2.73. The molecule has 1 aliphatic heterocycles. The third-order valence-corrected chi connectivity index (χ3v) is 6.23. The SMILES string of the molecule is CC(C)(C)OC(=O)NCC1CC(NC(=O)N2CCc3ccccc3[C@@H]2c2ccc(F)cc2)C1. The van der Waals surface area contributed by atoms with Crippen LogP contribution in [-0.2, 0) is 11.2 Å². The standard InChI is InChI=1S/C26H32FN3O3/c1-26(2,3)33-25(32)28-16-17-14-21(15-17)29-24(31)30-13-12-18-6-4-5-7-22(18)23(30)19-8-10-20(27)11-9-19/h4-11,17,21,23H,12-16H2,1-3H3,(H,28,32)(H,29,31)/t17?,21?,23-/m0/s1. The molecule has 2 aromatic rings. The molecule has 0 saturated heterocycles. The van der Waals surface area contributed by atoms with Crippen LogP contribution >= 0.6 is 0 Å². The molecule has 6 nitrogen and oxygen atoms in total. The molecule has 1 saturated carbocycles. The molecule has 1 atom stereocenters. The summed E-state index contributed by atoms with van der Waals surface area (Å²) in [5.41, 5.74) is 2.67. The van der Waals surface area contributed by atoms with Crippen molar-refractivity contribution in [2.75, 3.05) is 13.1 Å². The van der Waals surface area contributed by atoms with Crippen LogP contribution in [0.5, 0.6) is 0 Å². The van der Waals surface area contributed by atoms with E-state index in [1.165, 1.54) is 17.7 Å². The molecule has 4 rings (SSSR count). The minimum Gasteiger partial charge on any atom is -0.444 e. The number of fused-ring (bicyclic) bond motifs is 1. The second-order valence-electron chi connectivity index (χ2n) is 9.96. The summed E-state index contributed by atoms with van der Waals surface area (Å²) < 4.78 is 18.8. The number of ether oxygens (including phenoxy) is 1. The molecule has 176 valence electrons. The molecule has 0 bridgehead atoms. The molecule has 0 aromatic heterocycles. The van der Waals surface area contributed by atoms with Crippen molar-refractivity contribution in [3.05, 3.63) is 71.0 Å². The van der Waals surface area contributed by atoms with Crippen molar-refractivity contribution in [1.82, 2.24) is 15.5 Å². The first-order valence-electron chi connectivity index (χ1n) is 11.6. The van der Waals surface area contributed by atoms with Gasteiger partial charge in [0.05, 0.1) is 6.04 Å². The largest absolute Gasteiger partial charge is 0.444 e. The molecule has 2 N–H and O–H groups in total. The van der Waals surface area contributed by atoms with Crippen LogP contribution in [0, 0.1) is 11.7 Å². The van der Waals surface area contributed by atoms with Crippen LogP contribution in [0.25, 0.3) is 0 Å². The Morgan fingerprint density at radius 2 is 1.79 bits per heavy atom. The van der Waals surface area contributed by atoms with E-state index in [4.69, 9.17) is 4.74 Å². The van der Waals surface area contributed by atoms with Gasteiger partial charge >= 0.3 is 12.1 Å². The lowest BCUT2D eigenvalue weighted by Gasteiger charge is -2.41. The number of urea groups is 1. The molecule has 33 heavy (non-hydrogen) atoms. The molecule has 0 unspecified atom stereocenters. The highest BCUT2D eigenvalue weighted by atomic mass is 19.1. The summed E-state index contributed by atoms with van der Waals surface area (Å²) in [7, 11) is 0. The fraction of sp³-hybridized carbons (Fsp3) is 0.462. The van der Waals surface area contributed by atoms with Crippen molar-refractivity contribution < 1.29 is 18.7 Å². The minimum absolute atomic E-state index is 0.0778. The summed E-state index contributed by atoms with van der Waals surface area (Å²) >= 11 is 0. The van der Waals surface area contributed by atoms with Crippen LogP contribution in [0.1, 0.15) is 56.3 Å². The summed E-state index contributed by atoms with van der Waals surface area (Å²) in [6.07, 6.45) is 2.00. The third kappa shape index (κ3) is 5.64. The maximum Gasteiger partial charge on any atom is 0.407 e. The fourth-order valence-corrected chi connectivity index (χ4v) is 4.61. The first-order chi connectivity index (χ1) is 15.7. The van der Waals surface area contributed by atoms with Gasteiger partial charge in [-0.25, -0.2) is 14.0 Å². The number of carbonyl (C=O) groups excluding carboxylic acids is 2. The van der Waals surface area contributed by atoms with Gasteiger partial charge in [0.2, 0.25) is 0 Å². The summed E-state index contributed by atoms with van der Waals surface area (Å²) in [5.74, 6) is 0.0251. The molecular formula is C26H32FN3O3. The van der Waals surface area contributed by atoms with Crippen LogP contribution in [-0.4, -0.2) is 41.8 Å². The number of amides is 3. The minimum atomic E-state index is -0.520. The number of nitrogens with one attached hydrogen (secondary N) is 2. The Bertz CT molecular complexity index is 997. The fourth-order valence-electron chi connectivity index (χ4n) is 4.61. The summed E-state index contributed by atoms with van der Waals surface area (Å²) in [4.78, 5) is 26.9. The number of alkyl carbamates (subject to hydrolysis) is 1. The highest BCUT2D eigenvalue weighted by Crippen LogP contribution is 2.36. The molecule has 0 radical (unpaired) electrons. The van der Waals surface area contributed by atoms with E-state index in [1.54, 1.807) is 12.1 Å². The van der Waals surface area contributed by atoms with Crippen LogP contribution < -0.4 is 10.6 Å². The normalized spacial score (nSPS) is 22.1. The van der Waals surface area contributed by atoms with E-state index < -0.39 is 11.7 Å². The Kier molecular flexibility index (Phi) is 6.58. The van der Waals surface area contributed by atoms with Gasteiger partial charge in [0, 0.05) is 19.1 Å². The van der Waals surface area contributed by atoms with E-state index in [-0.39, 0.29) is 23.9 Å². The number of hydrogen-bond acceptors (Lipinski definition) is 3. The van der Waals surface area contributed by atoms with Crippen LogP contribution in [0.3, 0.4) is 0 Å². The quantitative estimate of drug-likeness (QED) is 0.700. The number of rotatable bonds is 4. The predicted octanol–water partition coefficient (Wildman–Crippen LogP) is 4.79. The maximum atomic E-state index is 13.5. The van der Waals surface area contributed by atoms with E-state index in [9.17, 15) is 14.0 Å². The topological polar surface area (TPSA) is 70.7 Å². The Morgan fingerprint density at radius 1 is 1.09 bits per heavy atom. The van der Waals surface area contributed by atoms with Crippen molar-refractivity contribution in [3.8, 4) is 0 Å². The van der Waals surface area contributed by atoms with Gasteiger partial charge in [-0.2, -0.15) is 0 Å². The molecule has 2 aromatic carbocycles. The molecule has 1 fully saturated rings. The van der Waals surface area contributed by atoms with Crippen LogP contribution in [0.15, 0.2) is 48.5 Å². The van der Waals surface area contributed by atoms with Crippen LogP contribution in [0.4, 0.5) is 14.0 Å². The highest BCUT2D eigenvalue weighted by molar-refractivity contribution is 5.76. The molecule has 1 heterocycles. The second-order valence-corrected chi connectivity index (χ2v) is 9.96. The predicted molar refractivity (Wildman–Crippen MR) is 124 cm³/mol. The van der Waals surface area contributed by atoms with Gasteiger partial charge in [-0.1, -0.05) is 36.4 Å². The number of halogens is 1. The Hall–Kier alpha value is -3.09. The van der Waals surface area contributed by atoms with Crippen molar-refractivity contribution in [3.63, 3.8) is 0 Å². The van der Waals surface area contributed by atoms with E-state index in [0.29, 0.717) is 19.0 Å². The zero-order valence-corrected chi connectivity index (χ0v) is 19.4. The van der Waals surface area contributed by atoms with Gasteiger partial charge in [0.25, 0.3) is 0 Å². The average molecular weight is 454 g/mol. The number of nitrogens with zero attached hydrogens (tertiary/aromatic N) is 1. The van der Waals surface area contributed by atoms with Crippen molar-refractivity contribution in [2.24, 2.45) is 5.92 Å². The van der Waals surface area contributed by atoms with Gasteiger partial charge in [0.15, 0.2) is 0 Å². The van der Waals surface area contributed by atoms with Crippen molar-refractivity contribution >= 4 is 12.1 Å². The smallest absolute Gasteiger partial charge is 0.407 e. The lowest BCUT2D eigenvalue weighted by atomic mass is 9.80. The zero-order chi connectivity index (χ0) is 23.6. The number of carbonyl (C=O) groups is 2. The summed E-state index contributed by atoms with van der Waals surface area (Å²) in [5, 5.41) is 5.96. The molecular weight excluding hydrogens is 421 g/mol. The van der Waals surface area contributed by atoms with Gasteiger partial charge in [-0.15, -0.1) is 0 Å². The lowest BCUT2D eigenvalue weighted by molar-refractivity contribution is 0.0503. The van der Waals surface area contributed by atoms with Crippen molar-refractivity contribution in [1.29, 1.82) is 0 Å².